The van der Waals surface area contributed by atoms with E-state index >= 15 is 0 Å². The lowest BCUT2D eigenvalue weighted by atomic mass is 9.98. The van der Waals surface area contributed by atoms with Gasteiger partial charge >= 0.3 is 0 Å². The lowest BCUT2D eigenvalue weighted by Gasteiger charge is -2.14. The third-order valence-electron chi connectivity index (χ3n) is 6.16. The third-order valence-corrected chi connectivity index (χ3v) is 6.66. The van der Waals surface area contributed by atoms with Gasteiger partial charge in [-0.1, -0.05) is 28.9 Å². The smallest absolute Gasteiger partial charge is 0.258 e. The standard InChI is InChI=1S/C26H34BrFN4O2/c1-18-12-15-32(17-18)14-4-3-13-30-26(29)31-25(33)22-6-5-7-23(28)21(22)10-8-19-16-20(27)9-11-24(19)34-2/h5-7,9,11,16,18H,3-4,8,10,12-15,17H2,1-2H3,(H3,29,30,31,33). The van der Waals surface area contributed by atoms with Gasteiger partial charge in [-0.15, -0.1) is 0 Å². The van der Waals surface area contributed by atoms with Crippen molar-refractivity contribution in [3.63, 3.8) is 0 Å². The molecule has 1 heterocycles. The number of rotatable bonds is 10. The first kappa shape index (κ1) is 26.2. The van der Waals surface area contributed by atoms with E-state index in [-0.39, 0.29) is 11.5 Å². The van der Waals surface area contributed by atoms with Gasteiger partial charge in [-0.05, 0) is 87.0 Å². The summed E-state index contributed by atoms with van der Waals surface area (Å²) < 4.78 is 21.0. The van der Waals surface area contributed by atoms with E-state index in [1.807, 2.05) is 18.2 Å². The maximum atomic E-state index is 14.7. The molecule has 8 heteroatoms. The van der Waals surface area contributed by atoms with Crippen molar-refractivity contribution >= 4 is 27.8 Å². The highest BCUT2D eigenvalue weighted by Gasteiger charge is 2.18. The first-order chi connectivity index (χ1) is 16.4. The zero-order chi connectivity index (χ0) is 24.5. The van der Waals surface area contributed by atoms with Crippen LogP contribution in [0.2, 0.25) is 0 Å². The van der Waals surface area contributed by atoms with Crippen molar-refractivity contribution in [2.75, 3.05) is 33.3 Å². The summed E-state index contributed by atoms with van der Waals surface area (Å²) in [6.45, 7) is 6.25. The molecule has 1 aliphatic rings. The molecular weight excluding hydrogens is 499 g/mol. The summed E-state index contributed by atoms with van der Waals surface area (Å²) >= 11 is 3.46. The molecule has 0 aliphatic carbocycles. The molecule has 0 bridgehead atoms. The van der Waals surface area contributed by atoms with Crippen LogP contribution >= 0.6 is 15.9 Å². The fourth-order valence-corrected chi connectivity index (χ4v) is 4.74. The van der Waals surface area contributed by atoms with Crippen molar-refractivity contribution in [2.45, 2.75) is 39.0 Å². The van der Waals surface area contributed by atoms with E-state index in [0.29, 0.717) is 24.9 Å². The summed E-state index contributed by atoms with van der Waals surface area (Å²) in [7, 11) is 1.60. The molecule has 1 amide bonds. The number of likely N-dealkylation sites (tertiary alicyclic amines) is 1. The van der Waals surface area contributed by atoms with Gasteiger partial charge in [0.2, 0.25) is 0 Å². The number of aliphatic imine (C=N–C) groups is 1. The van der Waals surface area contributed by atoms with Crippen LogP contribution in [0.5, 0.6) is 5.75 Å². The third kappa shape index (κ3) is 7.53. The average molecular weight is 533 g/mol. The number of nitrogens with two attached hydrogens (primary N) is 1. The Kier molecular flexibility index (Phi) is 9.89. The van der Waals surface area contributed by atoms with Crippen molar-refractivity contribution in [3.8, 4) is 5.75 Å². The second-order valence-electron chi connectivity index (χ2n) is 8.84. The van der Waals surface area contributed by atoms with Crippen LogP contribution in [0.1, 0.15) is 47.7 Å². The van der Waals surface area contributed by atoms with Crippen LogP contribution in [0.4, 0.5) is 4.39 Å². The monoisotopic (exact) mass is 532 g/mol. The number of ether oxygens (including phenoxy) is 1. The fraction of sp³-hybridized carbons (Fsp3) is 0.462. The highest BCUT2D eigenvalue weighted by atomic mass is 79.9. The second-order valence-corrected chi connectivity index (χ2v) is 9.76. The van der Waals surface area contributed by atoms with Gasteiger partial charge in [-0.25, -0.2) is 4.39 Å². The summed E-state index contributed by atoms with van der Waals surface area (Å²) in [6, 6.07) is 10.2. The summed E-state index contributed by atoms with van der Waals surface area (Å²) in [6.07, 6.45) is 4.08. The van der Waals surface area contributed by atoms with Crippen LogP contribution in [0.15, 0.2) is 45.9 Å². The molecule has 3 N–H and O–H groups in total. The van der Waals surface area contributed by atoms with E-state index in [1.54, 1.807) is 13.2 Å². The fourth-order valence-electron chi connectivity index (χ4n) is 4.33. The van der Waals surface area contributed by atoms with E-state index in [2.05, 4.69) is 38.1 Å². The van der Waals surface area contributed by atoms with Gasteiger partial charge in [0.1, 0.15) is 11.6 Å². The molecule has 184 valence electrons. The first-order valence-electron chi connectivity index (χ1n) is 11.8. The Morgan fingerprint density at radius 1 is 1.29 bits per heavy atom. The van der Waals surface area contributed by atoms with Crippen molar-refractivity contribution in [1.82, 2.24) is 10.2 Å². The lowest BCUT2D eigenvalue weighted by molar-refractivity contribution is 0.0975. The molecule has 0 spiro atoms. The van der Waals surface area contributed by atoms with Crippen LogP contribution in [-0.4, -0.2) is 50.1 Å². The minimum Gasteiger partial charge on any atom is -0.496 e. The number of unbranched alkanes of at least 4 members (excludes halogenated alkanes) is 1. The number of benzene rings is 2. The SMILES string of the molecule is COc1ccc(Br)cc1CCc1c(F)cccc1C(=O)NC(N)=NCCCCN1CCC(C)C1. The highest BCUT2D eigenvalue weighted by molar-refractivity contribution is 9.10. The Bertz CT molecular complexity index is 1010. The largest absolute Gasteiger partial charge is 0.496 e. The van der Waals surface area contributed by atoms with E-state index in [9.17, 15) is 9.18 Å². The molecular formula is C26H34BrFN4O2. The van der Waals surface area contributed by atoms with Crippen molar-refractivity contribution in [1.29, 1.82) is 0 Å². The number of nitrogens with one attached hydrogen (secondary N) is 1. The van der Waals surface area contributed by atoms with Gasteiger partial charge < -0.3 is 15.4 Å². The van der Waals surface area contributed by atoms with Gasteiger partial charge in [0.15, 0.2) is 5.96 Å². The number of carbonyl (C=O) groups excluding carboxylic acids is 1. The molecule has 2 aromatic rings. The lowest BCUT2D eigenvalue weighted by Crippen LogP contribution is -2.37. The number of nitrogens with zero attached hydrogens (tertiary/aromatic N) is 2. The number of carbonyl (C=O) groups is 1. The van der Waals surface area contributed by atoms with Gasteiger partial charge in [0.25, 0.3) is 5.91 Å². The van der Waals surface area contributed by atoms with Crippen molar-refractivity contribution in [3.05, 3.63) is 63.4 Å². The molecule has 0 radical (unpaired) electrons. The Morgan fingerprint density at radius 2 is 2.12 bits per heavy atom. The number of hydrogen-bond acceptors (Lipinski definition) is 4. The van der Waals surface area contributed by atoms with Crippen LogP contribution < -0.4 is 15.8 Å². The van der Waals surface area contributed by atoms with Crippen LogP contribution in [0.25, 0.3) is 0 Å². The molecule has 0 saturated carbocycles. The molecule has 3 rings (SSSR count). The molecule has 2 aromatic carbocycles. The molecule has 0 aromatic heterocycles. The molecule has 34 heavy (non-hydrogen) atoms. The summed E-state index contributed by atoms with van der Waals surface area (Å²) in [5, 5.41) is 2.61. The molecule has 1 fully saturated rings. The number of hydrogen-bond donors (Lipinski definition) is 2. The summed E-state index contributed by atoms with van der Waals surface area (Å²) in [4.78, 5) is 19.6. The average Bonchev–Trinajstić information content (AvgIpc) is 3.22. The van der Waals surface area contributed by atoms with Crippen LogP contribution in [-0.2, 0) is 12.8 Å². The Labute approximate surface area is 209 Å². The van der Waals surface area contributed by atoms with E-state index < -0.39 is 11.7 Å². The predicted molar refractivity (Wildman–Crippen MR) is 138 cm³/mol. The van der Waals surface area contributed by atoms with Gasteiger partial charge in [-0.3, -0.25) is 15.1 Å². The minimum atomic E-state index is -0.456. The first-order valence-corrected chi connectivity index (χ1v) is 12.6. The summed E-state index contributed by atoms with van der Waals surface area (Å²) in [5.74, 6) is 0.689. The van der Waals surface area contributed by atoms with Crippen LogP contribution in [0.3, 0.4) is 0 Å². The van der Waals surface area contributed by atoms with Crippen molar-refractivity contribution < 1.29 is 13.9 Å². The maximum absolute atomic E-state index is 14.7. The number of methoxy groups -OCH3 is 1. The Balaban J connectivity index is 1.55. The van der Waals surface area contributed by atoms with Crippen molar-refractivity contribution in [2.24, 2.45) is 16.6 Å². The quantitative estimate of drug-likeness (QED) is 0.267. The molecule has 1 unspecified atom stereocenters. The van der Waals surface area contributed by atoms with Gasteiger partial charge in [-0.2, -0.15) is 0 Å². The van der Waals surface area contributed by atoms with E-state index in [1.165, 1.54) is 31.6 Å². The van der Waals surface area contributed by atoms with Gasteiger partial charge in [0, 0.05) is 28.7 Å². The number of halogens is 2. The minimum absolute atomic E-state index is 0.0589. The maximum Gasteiger partial charge on any atom is 0.258 e. The van der Waals surface area contributed by atoms with E-state index in [0.717, 1.165) is 41.1 Å². The van der Waals surface area contributed by atoms with Gasteiger partial charge in [0.05, 0.1) is 7.11 Å². The normalized spacial score (nSPS) is 16.6. The number of aryl methyl sites for hydroxylation is 1. The molecule has 6 nitrogen and oxygen atoms in total. The Morgan fingerprint density at radius 3 is 2.85 bits per heavy atom. The molecule has 1 aliphatic heterocycles. The second kappa shape index (κ2) is 12.9. The zero-order valence-electron chi connectivity index (χ0n) is 19.9. The number of guanidine groups is 1. The molecule has 1 atom stereocenters. The zero-order valence-corrected chi connectivity index (χ0v) is 21.5. The predicted octanol–water partition coefficient (Wildman–Crippen LogP) is 4.55. The molecule has 1 saturated heterocycles. The summed E-state index contributed by atoms with van der Waals surface area (Å²) in [5.41, 5.74) is 7.46. The highest BCUT2D eigenvalue weighted by Crippen LogP contribution is 2.25. The van der Waals surface area contributed by atoms with Crippen LogP contribution in [0, 0.1) is 11.7 Å². The number of amides is 1. The topological polar surface area (TPSA) is 79.9 Å². The Hall–Kier alpha value is -2.45. The van der Waals surface area contributed by atoms with E-state index in [4.69, 9.17) is 10.5 Å².